The number of hydrogen-bond donors (Lipinski definition) is 2. The topological polar surface area (TPSA) is 55.5 Å². The van der Waals surface area contributed by atoms with Gasteiger partial charge in [-0.15, -0.1) is 0 Å². The van der Waals surface area contributed by atoms with Crippen LogP contribution < -0.4 is 10.5 Å². The number of aliphatic hydroxyl groups is 1. The molecule has 1 aromatic rings. The Labute approximate surface area is 104 Å². The van der Waals surface area contributed by atoms with E-state index in [9.17, 15) is 5.11 Å². The molecular formula is C14H23NO2. The highest BCUT2D eigenvalue weighted by molar-refractivity contribution is 5.35. The normalized spacial score (nSPS) is 12.4. The molecule has 0 aromatic heterocycles. The Morgan fingerprint density at radius 1 is 1.24 bits per heavy atom. The van der Waals surface area contributed by atoms with Gasteiger partial charge in [0, 0.05) is 12.1 Å². The average molecular weight is 237 g/mol. The van der Waals surface area contributed by atoms with Gasteiger partial charge in [0.15, 0.2) is 0 Å². The van der Waals surface area contributed by atoms with E-state index in [1.54, 1.807) is 0 Å². The third-order valence-electron chi connectivity index (χ3n) is 2.76. The van der Waals surface area contributed by atoms with Gasteiger partial charge in [0.25, 0.3) is 0 Å². The summed E-state index contributed by atoms with van der Waals surface area (Å²) in [4.78, 5) is 0. The van der Waals surface area contributed by atoms with Crippen LogP contribution in [0.2, 0.25) is 0 Å². The van der Waals surface area contributed by atoms with Gasteiger partial charge in [0.2, 0.25) is 0 Å². The lowest BCUT2D eigenvalue weighted by molar-refractivity contribution is 0.179. The second kappa shape index (κ2) is 8.09. The molecule has 0 saturated heterocycles. The summed E-state index contributed by atoms with van der Waals surface area (Å²) in [6.07, 6.45) is 4.08. The Morgan fingerprint density at radius 3 is 2.71 bits per heavy atom. The van der Waals surface area contributed by atoms with Crippen molar-refractivity contribution in [3.8, 4) is 5.75 Å². The average Bonchev–Trinajstić information content (AvgIpc) is 2.38. The molecule has 0 fully saturated rings. The highest BCUT2D eigenvalue weighted by Gasteiger charge is 2.10. The Bertz CT molecular complexity index is 315. The van der Waals surface area contributed by atoms with Gasteiger partial charge in [-0.05, 0) is 12.5 Å². The van der Waals surface area contributed by atoms with Crippen molar-refractivity contribution in [2.24, 2.45) is 5.73 Å². The smallest absolute Gasteiger partial charge is 0.125 e. The molecule has 3 heteroatoms. The second-order valence-corrected chi connectivity index (χ2v) is 4.20. The number of rotatable bonds is 8. The monoisotopic (exact) mass is 237 g/mol. The van der Waals surface area contributed by atoms with Crippen molar-refractivity contribution in [2.45, 2.75) is 38.7 Å². The minimum Gasteiger partial charge on any atom is -0.493 e. The number of ether oxygens (including phenoxy) is 1. The molecule has 0 spiro atoms. The van der Waals surface area contributed by atoms with Crippen LogP contribution in [0.3, 0.4) is 0 Å². The van der Waals surface area contributed by atoms with Crippen molar-refractivity contribution >= 4 is 0 Å². The molecule has 1 atom stereocenters. The molecule has 0 radical (unpaired) electrons. The highest BCUT2D eigenvalue weighted by atomic mass is 16.5. The predicted molar refractivity (Wildman–Crippen MR) is 70.1 cm³/mol. The lowest BCUT2D eigenvalue weighted by Gasteiger charge is -2.14. The van der Waals surface area contributed by atoms with Crippen LogP contribution in [0.5, 0.6) is 5.75 Å². The Hall–Kier alpha value is -1.06. The molecule has 0 amide bonds. The van der Waals surface area contributed by atoms with E-state index in [0.29, 0.717) is 6.61 Å². The molecule has 0 aliphatic carbocycles. The van der Waals surface area contributed by atoms with Gasteiger partial charge >= 0.3 is 0 Å². The Balaban J connectivity index is 2.46. The van der Waals surface area contributed by atoms with Gasteiger partial charge in [0.05, 0.1) is 12.7 Å². The Morgan fingerprint density at radius 2 is 2.00 bits per heavy atom. The van der Waals surface area contributed by atoms with Crippen LogP contribution in [0.15, 0.2) is 24.3 Å². The quantitative estimate of drug-likeness (QED) is 0.683. The molecule has 0 saturated carbocycles. The second-order valence-electron chi connectivity index (χ2n) is 4.20. The first kappa shape index (κ1) is 14.0. The molecule has 0 heterocycles. The fourth-order valence-corrected chi connectivity index (χ4v) is 1.73. The maximum absolute atomic E-state index is 9.75. The fourth-order valence-electron chi connectivity index (χ4n) is 1.73. The van der Waals surface area contributed by atoms with Crippen molar-refractivity contribution in [2.75, 3.05) is 13.2 Å². The van der Waals surface area contributed by atoms with E-state index in [-0.39, 0.29) is 6.54 Å². The zero-order valence-electron chi connectivity index (χ0n) is 10.6. The first-order chi connectivity index (χ1) is 8.29. The highest BCUT2D eigenvalue weighted by Crippen LogP contribution is 2.24. The van der Waals surface area contributed by atoms with E-state index in [0.717, 1.165) is 17.7 Å². The van der Waals surface area contributed by atoms with Crippen LogP contribution in [-0.2, 0) is 0 Å². The zero-order valence-corrected chi connectivity index (χ0v) is 10.6. The first-order valence-electron chi connectivity index (χ1n) is 6.39. The molecule has 3 N–H and O–H groups in total. The lowest BCUT2D eigenvalue weighted by atomic mass is 10.1. The van der Waals surface area contributed by atoms with Crippen LogP contribution in [0.1, 0.15) is 44.3 Å². The largest absolute Gasteiger partial charge is 0.493 e. The summed E-state index contributed by atoms with van der Waals surface area (Å²) >= 11 is 0. The van der Waals surface area contributed by atoms with E-state index in [4.69, 9.17) is 10.5 Å². The zero-order chi connectivity index (χ0) is 12.5. The van der Waals surface area contributed by atoms with E-state index in [1.165, 1.54) is 19.3 Å². The van der Waals surface area contributed by atoms with Crippen LogP contribution in [0.25, 0.3) is 0 Å². The SMILES string of the molecule is CCCCCCOc1ccccc1[C@H](O)CN. The van der Waals surface area contributed by atoms with Crippen LogP contribution in [0.4, 0.5) is 0 Å². The van der Waals surface area contributed by atoms with Gasteiger partial charge < -0.3 is 15.6 Å². The van der Waals surface area contributed by atoms with Crippen molar-refractivity contribution < 1.29 is 9.84 Å². The molecule has 1 aromatic carbocycles. The van der Waals surface area contributed by atoms with Gasteiger partial charge in [-0.3, -0.25) is 0 Å². The summed E-state index contributed by atoms with van der Waals surface area (Å²) in [5.74, 6) is 0.752. The first-order valence-corrected chi connectivity index (χ1v) is 6.39. The van der Waals surface area contributed by atoms with E-state index in [2.05, 4.69) is 6.92 Å². The molecule has 0 bridgehead atoms. The predicted octanol–water partition coefficient (Wildman–Crippen LogP) is 2.64. The van der Waals surface area contributed by atoms with Crippen molar-refractivity contribution in [1.29, 1.82) is 0 Å². The molecule has 0 unspecified atom stereocenters. The maximum Gasteiger partial charge on any atom is 0.125 e. The molecule has 0 aliphatic heterocycles. The minimum absolute atomic E-state index is 0.218. The third kappa shape index (κ3) is 4.75. The van der Waals surface area contributed by atoms with Gasteiger partial charge in [-0.2, -0.15) is 0 Å². The summed E-state index contributed by atoms with van der Waals surface area (Å²) in [5.41, 5.74) is 6.24. The van der Waals surface area contributed by atoms with Gasteiger partial charge in [-0.1, -0.05) is 44.4 Å². The molecule has 17 heavy (non-hydrogen) atoms. The van der Waals surface area contributed by atoms with Gasteiger partial charge in [-0.25, -0.2) is 0 Å². The fraction of sp³-hybridized carbons (Fsp3) is 0.571. The number of benzene rings is 1. The molecule has 96 valence electrons. The molecule has 3 nitrogen and oxygen atoms in total. The summed E-state index contributed by atoms with van der Waals surface area (Å²) in [5, 5.41) is 9.75. The molecule has 0 aliphatic rings. The van der Waals surface area contributed by atoms with Crippen LogP contribution in [-0.4, -0.2) is 18.3 Å². The number of unbranched alkanes of at least 4 members (excludes halogenated alkanes) is 3. The van der Waals surface area contributed by atoms with Gasteiger partial charge in [0.1, 0.15) is 5.75 Å². The third-order valence-corrected chi connectivity index (χ3v) is 2.76. The van der Waals surface area contributed by atoms with Crippen molar-refractivity contribution in [1.82, 2.24) is 0 Å². The van der Waals surface area contributed by atoms with E-state index in [1.807, 2.05) is 24.3 Å². The summed E-state index contributed by atoms with van der Waals surface area (Å²) < 4.78 is 5.69. The molecule has 1 rings (SSSR count). The van der Waals surface area contributed by atoms with Crippen molar-refractivity contribution in [3.05, 3.63) is 29.8 Å². The summed E-state index contributed by atoms with van der Waals surface area (Å²) in [6.45, 7) is 3.11. The summed E-state index contributed by atoms with van der Waals surface area (Å²) in [6, 6.07) is 7.54. The number of hydrogen-bond acceptors (Lipinski definition) is 3. The number of aliphatic hydroxyl groups excluding tert-OH is 1. The Kier molecular flexibility index (Phi) is 6.67. The maximum atomic E-state index is 9.75. The minimum atomic E-state index is -0.637. The summed E-state index contributed by atoms with van der Waals surface area (Å²) in [7, 11) is 0. The lowest BCUT2D eigenvalue weighted by Crippen LogP contribution is -2.13. The van der Waals surface area contributed by atoms with E-state index >= 15 is 0 Å². The number of para-hydroxylation sites is 1. The standard InChI is InChI=1S/C14H23NO2/c1-2-3-4-7-10-17-14-9-6-5-8-12(14)13(16)11-15/h5-6,8-9,13,16H,2-4,7,10-11,15H2,1H3/t13-/m1/s1. The number of nitrogens with two attached hydrogens (primary N) is 1. The van der Waals surface area contributed by atoms with E-state index < -0.39 is 6.10 Å². The molecular weight excluding hydrogens is 214 g/mol. The van der Waals surface area contributed by atoms with Crippen molar-refractivity contribution in [3.63, 3.8) is 0 Å². The van der Waals surface area contributed by atoms with Crippen LogP contribution >= 0.6 is 0 Å². The van der Waals surface area contributed by atoms with Crippen LogP contribution in [0, 0.1) is 0 Å².